The highest BCUT2D eigenvalue weighted by Gasteiger charge is 2.21. The van der Waals surface area contributed by atoms with Gasteiger partial charge < -0.3 is 9.84 Å². The van der Waals surface area contributed by atoms with E-state index in [0.717, 1.165) is 37.0 Å². The largest absolute Gasteiger partial charge is 0.388 e. The smallest absolute Gasteiger partial charge is 0.0817 e. The van der Waals surface area contributed by atoms with Crippen molar-refractivity contribution in [3.8, 4) is 0 Å². The fraction of sp³-hybridized carbons (Fsp3) is 0.571. The van der Waals surface area contributed by atoms with Crippen LogP contribution in [-0.2, 0) is 4.74 Å². The summed E-state index contributed by atoms with van der Waals surface area (Å²) < 4.78 is 5.56. The van der Waals surface area contributed by atoms with Crippen LogP contribution in [-0.4, -0.2) is 17.8 Å². The van der Waals surface area contributed by atoms with Crippen molar-refractivity contribution < 1.29 is 9.84 Å². The van der Waals surface area contributed by atoms with Crippen molar-refractivity contribution >= 4 is 0 Å². The quantitative estimate of drug-likeness (QED) is 0.848. The summed E-state index contributed by atoms with van der Waals surface area (Å²) >= 11 is 0. The molecular formula is C14H20O2. The van der Waals surface area contributed by atoms with Gasteiger partial charge in [-0.3, -0.25) is 0 Å². The van der Waals surface area contributed by atoms with Crippen LogP contribution in [0.5, 0.6) is 0 Å². The van der Waals surface area contributed by atoms with Crippen LogP contribution < -0.4 is 0 Å². The molecule has 0 aromatic heterocycles. The van der Waals surface area contributed by atoms with E-state index in [2.05, 4.69) is 25.1 Å². The normalized spacial score (nSPS) is 22.3. The molecule has 2 unspecified atom stereocenters. The highest BCUT2D eigenvalue weighted by molar-refractivity contribution is 5.32. The second-order valence-electron chi connectivity index (χ2n) is 4.75. The van der Waals surface area contributed by atoms with Crippen LogP contribution in [0.3, 0.4) is 0 Å². The van der Waals surface area contributed by atoms with Gasteiger partial charge in [0, 0.05) is 13.0 Å². The first-order chi connectivity index (χ1) is 7.66. The maximum Gasteiger partial charge on any atom is 0.0817 e. The standard InChI is InChI=1S/C14H20O2/c1-10-5-6-11(2)13(8-10)14(15)9-12-4-3-7-16-12/h5-6,8,12,14-15H,3-4,7,9H2,1-2H3. The minimum Gasteiger partial charge on any atom is -0.388 e. The molecule has 0 amide bonds. The van der Waals surface area contributed by atoms with E-state index in [1.165, 1.54) is 5.56 Å². The van der Waals surface area contributed by atoms with Crippen LogP contribution in [0.15, 0.2) is 18.2 Å². The zero-order valence-electron chi connectivity index (χ0n) is 10.1. The minimum atomic E-state index is -0.386. The SMILES string of the molecule is Cc1ccc(C)c(C(O)CC2CCCO2)c1. The topological polar surface area (TPSA) is 29.5 Å². The van der Waals surface area contributed by atoms with Gasteiger partial charge in [0.2, 0.25) is 0 Å². The van der Waals surface area contributed by atoms with E-state index in [0.29, 0.717) is 0 Å². The zero-order valence-corrected chi connectivity index (χ0v) is 10.1. The van der Waals surface area contributed by atoms with Crippen molar-refractivity contribution in [2.45, 2.75) is 45.3 Å². The third kappa shape index (κ3) is 2.63. The Hall–Kier alpha value is -0.860. The van der Waals surface area contributed by atoms with E-state index in [-0.39, 0.29) is 12.2 Å². The van der Waals surface area contributed by atoms with E-state index in [4.69, 9.17) is 4.74 Å². The highest BCUT2D eigenvalue weighted by atomic mass is 16.5. The van der Waals surface area contributed by atoms with Crippen LogP contribution >= 0.6 is 0 Å². The molecule has 1 saturated heterocycles. The maximum atomic E-state index is 10.2. The van der Waals surface area contributed by atoms with Crippen molar-refractivity contribution in [1.29, 1.82) is 0 Å². The molecule has 0 saturated carbocycles. The molecule has 2 nitrogen and oxygen atoms in total. The number of aliphatic hydroxyl groups excluding tert-OH is 1. The van der Waals surface area contributed by atoms with Crippen LogP contribution in [0.1, 0.15) is 42.1 Å². The van der Waals surface area contributed by atoms with E-state index in [9.17, 15) is 5.11 Å². The van der Waals surface area contributed by atoms with E-state index in [1.807, 2.05) is 6.92 Å². The summed E-state index contributed by atoms with van der Waals surface area (Å²) in [7, 11) is 0. The van der Waals surface area contributed by atoms with Gasteiger partial charge in [0.1, 0.15) is 0 Å². The number of hydrogen-bond donors (Lipinski definition) is 1. The zero-order chi connectivity index (χ0) is 11.5. The van der Waals surface area contributed by atoms with Crippen molar-refractivity contribution in [2.75, 3.05) is 6.61 Å². The number of benzene rings is 1. The summed E-state index contributed by atoms with van der Waals surface area (Å²) in [6, 6.07) is 6.23. The highest BCUT2D eigenvalue weighted by Crippen LogP contribution is 2.27. The maximum absolute atomic E-state index is 10.2. The number of rotatable bonds is 3. The van der Waals surface area contributed by atoms with Gasteiger partial charge >= 0.3 is 0 Å². The Kier molecular flexibility index (Phi) is 3.62. The third-order valence-electron chi connectivity index (χ3n) is 3.30. The Labute approximate surface area is 97.3 Å². The molecule has 2 rings (SSSR count). The van der Waals surface area contributed by atoms with Crippen LogP contribution in [0.4, 0.5) is 0 Å². The molecule has 1 aromatic rings. The number of hydrogen-bond acceptors (Lipinski definition) is 2. The van der Waals surface area contributed by atoms with Gasteiger partial charge in [-0.15, -0.1) is 0 Å². The molecule has 16 heavy (non-hydrogen) atoms. The van der Waals surface area contributed by atoms with Crippen LogP contribution in [0, 0.1) is 13.8 Å². The number of aliphatic hydroxyl groups is 1. The minimum absolute atomic E-state index is 0.245. The fourth-order valence-electron chi connectivity index (χ4n) is 2.33. The van der Waals surface area contributed by atoms with Gasteiger partial charge in [-0.1, -0.05) is 23.8 Å². The van der Waals surface area contributed by atoms with Gasteiger partial charge in [0.25, 0.3) is 0 Å². The van der Waals surface area contributed by atoms with Crippen molar-refractivity contribution in [3.05, 3.63) is 34.9 Å². The predicted molar refractivity (Wildman–Crippen MR) is 64.5 cm³/mol. The Bertz CT molecular complexity index is 354. The van der Waals surface area contributed by atoms with E-state index < -0.39 is 0 Å². The molecule has 1 aliphatic rings. The Morgan fingerprint density at radius 3 is 2.94 bits per heavy atom. The van der Waals surface area contributed by atoms with Gasteiger partial charge in [0.05, 0.1) is 12.2 Å². The summed E-state index contributed by atoms with van der Waals surface area (Å²) in [4.78, 5) is 0. The van der Waals surface area contributed by atoms with Gasteiger partial charge in [-0.2, -0.15) is 0 Å². The molecule has 1 heterocycles. The molecule has 0 bridgehead atoms. The Morgan fingerprint density at radius 1 is 1.44 bits per heavy atom. The summed E-state index contributed by atoms with van der Waals surface area (Å²) in [6.07, 6.45) is 2.80. The van der Waals surface area contributed by atoms with Crippen LogP contribution in [0.25, 0.3) is 0 Å². The first-order valence-corrected chi connectivity index (χ1v) is 6.03. The molecule has 0 aliphatic carbocycles. The molecule has 1 N–H and O–H groups in total. The second-order valence-corrected chi connectivity index (χ2v) is 4.75. The summed E-state index contributed by atoms with van der Waals surface area (Å²) in [5, 5.41) is 10.2. The summed E-state index contributed by atoms with van der Waals surface area (Å²) in [6.45, 7) is 4.96. The van der Waals surface area contributed by atoms with Crippen LogP contribution in [0.2, 0.25) is 0 Å². The van der Waals surface area contributed by atoms with Gasteiger partial charge in [-0.05, 0) is 37.8 Å². The second kappa shape index (κ2) is 4.98. The average Bonchev–Trinajstić information content (AvgIpc) is 2.74. The van der Waals surface area contributed by atoms with Gasteiger partial charge in [-0.25, -0.2) is 0 Å². The average molecular weight is 220 g/mol. The fourth-order valence-corrected chi connectivity index (χ4v) is 2.33. The Morgan fingerprint density at radius 2 is 2.25 bits per heavy atom. The molecular weight excluding hydrogens is 200 g/mol. The lowest BCUT2D eigenvalue weighted by Crippen LogP contribution is -2.12. The first-order valence-electron chi connectivity index (χ1n) is 6.03. The molecule has 2 atom stereocenters. The molecule has 0 radical (unpaired) electrons. The van der Waals surface area contributed by atoms with Crippen molar-refractivity contribution in [2.24, 2.45) is 0 Å². The molecule has 0 spiro atoms. The van der Waals surface area contributed by atoms with E-state index in [1.54, 1.807) is 0 Å². The molecule has 1 aromatic carbocycles. The lowest BCUT2D eigenvalue weighted by molar-refractivity contribution is 0.0533. The molecule has 1 aliphatic heterocycles. The number of aryl methyl sites for hydroxylation is 2. The third-order valence-corrected chi connectivity index (χ3v) is 3.30. The number of ether oxygens (including phenoxy) is 1. The van der Waals surface area contributed by atoms with Gasteiger partial charge in [0.15, 0.2) is 0 Å². The first kappa shape index (κ1) is 11.6. The monoisotopic (exact) mass is 220 g/mol. The summed E-state index contributed by atoms with van der Waals surface area (Å²) in [5.41, 5.74) is 3.42. The lowest BCUT2D eigenvalue weighted by Gasteiger charge is -2.18. The summed E-state index contributed by atoms with van der Waals surface area (Å²) in [5.74, 6) is 0. The van der Waals surface area contributed by atoms with E-state index >= 15 is 0 Å². The van der Waals surface area contributed by atoms with Crippen molar-refractivity contribution in [1.82, 2.24) is 0 Å². The van der Waals surface area contributed by atoms with Crippen molar-refractivity contribution in [3.63, 3.8) is 0 Å². The predicted octanol–water partition coefficient (Wildman–Crippen LogP) is 2.91. The molecule has 88 valence electrons. The lowest BCUT2D eigenvalue weighted by atomic mass is 9.96. The molecule has 1 fully saturated rings. The Balaban J connectivity index is 2.07. The molecule has 2 heteroatoms.